The minimum absolute atomic E-state index is 0.571. The van der Waals surface area contributed by atoms with Crippen LogP contribution in [-0.2, 0) is 6.42 Å². The first kappa shape index (κ1) is 9.88. The SMILES string of the molecule is CC1CN=C(N2c3ccccc3CC2C)C1. The van der Waals surface area contributed by atoms with E-state index in [1.807, 2.05) is 0 Å². The van der Waals surface area contributed by atoms with Crippen molar-refractivity contribution in [3.05, 3.63) is 29.8 Å². The van der Waals surface area contributed by atoms with Crippen LogP contribution in [0.3, 0.4) is 0 Å². The first-order chi connectivity index (χ1) is 7.75. The topological polar surface area (TPSA) is 15.6 Å². The molecule has 2 heteroatoms. The normalized spacial score (nSPS) is 28.1. The number of nitrogens with zero attached hydrogens (tertiary/aromatic N) is 2. The molecule has 2 atom stereocenters. The Kier molecular flexibility index (Phi) is 2.23. The van der Waals surface area contributed by atoms with Crippen molar-refractivity contribution in [2.75, 3.05) is 11.4 Å². The number of para-hydroxylation sites is 1. The summed E-state index contributed by atoms with van der Waals surface area (Å²) in [6.07, 6.45) is 2.29. The van der Waals surface area contributed by atoms with Gasteiger partial charge in [0.15, 0.2) is 0 Å². The van der Waals surface area contributed by atoms with Gasteiger partial charge in [-0.15, -0.1) is 0 Å². The Hall–Kier alpha value is -1.31. The standard InChI is InChI=1S/C14H18N2/c1-10-7-14(15-9-10)16-11(2)8-12-5-3-4-6-13(12)16/h3-6,10-11H,7-9H2,1-2H3. The summed E-state index contributed by atoms with van der Waals surface area (Å²) in [5.74, 6) is 2.01. The maximum absolute atomic E-state index is 4.69. The molecule has 0 aromatic heterocycles. The lowest BCUT2D eigenvalue weighted by molar-refractivity contribution is 0.659. The van der Waals surface area contributed by atoms with E-state index in [4.69, 9.17) is 4.99 Å². The van der Waals surface area contributed by atoms with E-state index in [9.17, 15) is 0 Å². The largest absolute Gasteiger partial charge is 0.327 e. The summed E-state index contributed by atoms with van der Waals surface area (Å²) in [4.78, 5) is 7.13. The molecule has 16 heavy (non-hydrogen) atoms. The van der Waals surface area contributed by atoms with Crippen molar-refractivity contribution in [1.82, 2.24) is 0 Å². The van der Waals surface area contributed by atoms with Gasteiger partial charge in [-0.2, -0.15) is 0 Å². The Morgan fingerprint density at radius 3 is 2.75 bits per heavy atom. The third-order valence-corrected chi connectivity index (χ3v) is 3.60. The van der Waals surface area contributed by atoms with E-state index in [2.05, 4.69) is 43.0 Å². The van der Waals surface area contributed by atoms with Crippen LogP contribution < -0.4 is 4.90 Å². The van der Waals surface area contributed by atoms with Gasteiger partial charge in [0.25, 0.3) is 0 Å². The number of rotatable bonds is 0. The van der Waals surface area contributed by atoms with E-state index in [0.717, 1.165) is 25.3 Å². The molecule has 0 saturated heterocycles. The molecule has 2 heterocycles. The smallest absolute Gasteiger partial charge is 0.104 e. The fourth-order valence-electron chi connectivity index (χ4n) is 2.84. The zero-order chi connectivity index (χ0) is 11.1. The van der Waals surface area contributed by atoms with Crippen molar-refractivity contribution >= 4 is 11.5 Å². The molecular weight excluding hydrogens is 196 g/mol. The molecule has 2 nitrogen and oxygen atoms in total. The zero-order valence-corrected chi connectivity index (χ0v) is 9.98. The maximum atomic E-state index is 4.69. The minimum atomic E-state index is 0.571. The van der Waals surface area contributed by atoms with Crippen molar-refractivity contribution in [3.8, 4) is 0 Å². The zero-order valence-electron chi connectivity index (χ0n) is 9.98. The third-order valence-electron chi connectivity index (χ3n) is 3.60. The van der Waals surface area contributed by atoms with Crippen LogP contribution in [-0.4, -0.2) is 18.4 Å². The average molecular weight is 214 g/mol. The Bertz CT molecular complexity index is 436. The van der Waals surface area contributed by atoms with Gasteiger partial charge in [-0.1, -0.05) is 25.1 Å². The average Bonchev–Trinajstić information content (AvgIpc) is 2.80. The lowest BCUT2D eigenvalue weighted by atomic mass is 10.1. The van der Waals surface area contributed by atoms with E-state index >= 15 is 0 Å². The molecule has 0 amide bonds. The molecule has 0 N–H and O–H groups in total. The summed E-state index contributed by atoms with van der Waals surface area (Å²) in [5.41, 5.74) is 2.85. The van der Waals surface area contributed by atoms with Crippen LogP contribution in [0.1, 0.15) is 25.8 Å². The van der Waals surface area contributed by atoms with Crippen LogP contribution in [0.5, 0.6) is 0 Å². The monoisotopic (exact) mass is 214 g/mol. The lowest BCUT2D eigenvalue weighted by Crippen LogP contribution is -2.34. The predicted octanol–water partition coefficient (Wildman–Crippen LogP) is 2.88. The van der Waals surface area contributed by atoms with Crippen LogP contribution in [0.15, 0.2) is 29.3 Å². The van der Waals surface area contributed by atoms with Crippen molar-refractivity contribution in [3.63, 3.8) is 0 Å². The second kappa shape index (κ2) is 3.62. The second-order valence-corrected chi connectivity index (χ2v) is 5.12. The Labute approximate surface area is 97.0 Å². The molecule has 1 aromatic rings. The quantitative estimate of drug-likeness (QED) is 0.648. The maximum Gasteiger partial charge on any atom is 0.104 e. The summed E-state index contributed by atoms with van der Waals surface area (Å²) in [6, 6.07) is 9.30. The number of fused-ring (bicyclic) bond motifs is 1. The molecule has 2 unspecified atom stereocenters. The van der Waals surface area contributed by atoms with Gasteiger partial charge in [-0.3, -0.25) is 4.99 Å². The minimum Gasteiger partial charge on any atom is -0.327 e. The number of benzene rings is 1. The molecule has 1 aromatic carbocycles. The number of anilines is 1. The van der Waals surface area contributed by atoms with Gasteiger partial charge >= 0.3 is 0 Å². The lowest BCUT2D eigenvalue weighted by Gasteiger charge is -2.25. The molecule has 3 rings (SSSR count). The predicted molar refractivity (Wildman–Crippen MR) is 68.2 cm³/mol. The van der Waals surface area contributed by atoms with Crippen LogP contribution in [0, 0.1) is 5.92 Å². The van der Waals surface area contributed by atoms with E-state index < -0.39 is 0 Å². The highest BCUT2D eigenvalue weighted by Gasteiger charge is 2.31. The molecular formula is C14H18N2. The number of hydrogen-bond acceptors (Lipinski definition) is 2. The van der Waals surface area contributed by atoms with Crippen molar-refractivity contribution in [2.45, 2.75) is 32.7 Å². The van der Waals surface area contributed by atoms with Gasteiger partial charge in [0.2, 0.25) is 0 Å². The highest BCUT2D eigenvalue weighted by molar-refractivity contribution is 6.01. The first-order valence-corrected chi connectivity index (χ1v) is 6.16. The van der Waals surface area contributed by atoms with Gasteiger partial charge in [0, 0.05) is 24.7 Å². The molecule has 0 spiro atoms. The highest BCUT2D eigenvalue weighted by Crippen LogP contribution is 2.34. The number of hydrogen-bond donors (Lipinski definition) is 0. The molecule has 0 radical (unpaired) electrons. The fraction of sp³-hybridized carbons (Fsp3) is 0.500. The summed E-state index contributed by atoms with van der Waals surface area (Å²) in [6.45, 7) is 5.58. The van der Waals surface area contributed by atoms with Crippen LogP contribution in [0.25, 0.3) is 0 Å². The summed E-state index contributed by atoms with van der Waals surface area (Å²) >= 11 is 0. The van der Waals surface area contributed by atoms with Crippen molar-refractivity contribution < 1.29 is 0 Å². The van der Waals surface area contributed by atoms with Gasteiger partial charge in [0.1, 0.15) is 5.84 Å². The highest BCUT2D eigenvalue weighted by atomic mass is 15.2. The summed E-state index contributed by atoms with van der Waals surface area (Å²) < 4.78 is 0. The summed E-state index contributed by atoms with van der Waals surface area (Å²) in [7, 11) is 0. The molecule has 2 aliphatic rings. The molecule has 0 bridgehead atoms. The van der Waals surface area contributed by atoms with Crippen LogP contribution in [0.4, 0.5) is 5.69 Å². The number of aliphatic imine (C=N–C) groups is 1. The number of amidine groups is 1. The molecule has 84 valence electrons. The second-order valence-electron chi connectivity index (χ2n) is 5.12. The molecule has 0 saturated carbocycles. The Morgan fingerprint density at radius 1 is 1.19 bits per heavy atom. The van der Waals surface area contributed by atoms with Gasteiger partial charge < -0.3 is 4.90 Å². The molecule has 2 aliphatic heterocycles. The van der Waals surface area contributed by atoms with E-state index in [1.165, 1.54) is 17.1 Å². The Balaban J connectivity index is 1.96. The van der Waals surface area contributed by atoms with Crippen LogP contribution in [0.2, 0.25) is 0 Å². The van der Waals surface area contributed by atoms with Crippen molar-refractivity contribution in [2.24, 2.45) is 10.9 Å². The first-order valence-electron chi connectivity index (χ1n) is 6.16. The third kappa shape index (κ3) is 1.44. The van der Waals surface area contributed by atoms with E-state index in [0.29, 0.717) is 6.04 Å². The van der Waals surface area contributed by atoms with E-state index in [-0.39, 0.29) is 0 Å². The van der Waals surface area contributed by atoms with Crippen molar-refractivity contribution in [1.29, 1.82) is 0 Å². The summed E-state index contributed by atoms with van der Waals surface area (Å²) in [5, 5.41) is 0. The van der Waals surface area contributed by atoms with Gasteiger partial charge in [-0.25, -0.2) is 0 Å². The van der Waals surface area contributed by atoms with Gasteiger partial charge in [-0.05, 0) is 30.9 Å². The van der Waals surface area contributed by atoms with Crippen LogP contribution >= 0.6 is 0 Å². The molecule has 0 fully saturated rings. The van der Waals surface area contributed by atoms with Gasteiger partial charge in [0.05, 0.1) is 0 Å². The fourth-order valence-corrected chi connectivity index (χ4v) is 2.84. The van der Waals surface area contributed by atoms with E-state index in [1.54, 1.807) is 0 Å². The molecule has 0 aliphatic carbocycles. The Morgan fingerprint density at radius 2 is 2.00 bits per heavy atom.